The van der Waals surface area contributed by atoms with E-state index < -0.39 is 10.0 Å². The lowest BCUT2D eigenvalue weighted by Gasteiger charge is -2.39. The van der Waals surface area contributed by atoms with Gasteiger partial charge in [0.1, 0.15) is 10.6 Å². The molecule has 1 aliphatic rings. The summed E-state index contributed by atoms with van der Waals surface area (Å²) in [5, 5.41) is 0.834. The zero-order valence-electron chi connectivity index (χ0n) is 25.0. The lowest BCUT2D eigenvalue weighted by atomic mass is 9.96. The normalized spacial score (nSPS) is 14.2. The van der Waals surface area contributed by atoms with E-state index in [-0.39, 0.29) is 16.8 Å². The number of aryl methyl sites for hydroxylation is 1. The van der Waals surface area contributed by atoms with Crippen LogP contribution in [0.5, 0.6) is 5.75 Å². The minimum Gasteiger partial charge on any atom is -0.495 e. The summed E-state index contributed by atoms with van der Waals surface area (Å²) in [7, 11) is -0.875. The smallest absolute Gasteiger partial charge is 0.267 e. The highest BCUT2D eigenvalue weighted by Crippen LogP contribution is 2.35. The van der Waals surface area contributed by atoms with Crippen LogP contribution < -0.4 is 9.04 Å². The van der Waals surface area contributed by atoms with Crippen molar-refractivity contribution in [1.82, 2.24) is 9.80 Å². The van der Waals surface area contributed by atoms with E-state index in [0.717, 1.165) is 28.7 Å². The molecule has 7 nitrogen and oxygen atoms in total. The average Bonchev–Trinajstić information content (AvgIpc) is 3.49. The van der Waals surface area contributed by atoms with Crippen molar-refractivity contribution < 1.29 is 17.9 Å². The lowest BCUT2D eigenvalue weighted by molar-refractivity contribution is 0.0602. The van der Waals surface area contributed by atoms with Crippen LogP contribution in [0.15, 0.2) is 108 Å². The molecule has 0 radical (unpaired) electrons. The highest BCUT2D eigenvalue weighted by atomic mass is 32.2. The van der Waals surface area contributed by atoms with Gasteiger partial charge in [0.15, 0.2) is 0 Å². The molecule has 0 aliphatic carbocycles. The fourth-order valence-corrected chi connectivity index (χ4v) is 8.27. The number of thiophene rings is 1. The highest BCUT2D eigenvalue weighted by Gasteiger charge is 2.30. The second kappa shape index (κ2) is 12.4. The third kappa shape index (κ3) is 5.83. The van der Waals surface area contributed by atoms with Crippen molar-refractivity contribution in [1.29, 1.82) is 0 Å². The topological polar surface area (TPSA) is 70.2 Å². The van der Waals surface area contributed by atoms with Gasteiger partial charge in [-0.05, 0) is 65.4 Å². The monoisotopic (exact) mass is 625 g/mol. The van der Waals surface area contributed by atoms with Crippen molar-refractivity contribution in [3.8, 4) is 5.75 Å². The molecule has 0 saturated carbocycles. The van der Waals surface area contributed by atoms with Gasteiger partial charge in [0.05, 0.1) is 23.7 Å². The van der Waals surface area contributed by atoms with Crippen LogP contribution in [0.25, 0.3) is 10.1 Å². The Labute approximate surface area is 263 Å². The van der Waals surface area contributed by atoms with Crippen LogP contribution in [-0.2, 0) is 10.0 Å². The number of carbonyl (C=O) groups is 1. The molecular weight excluding hydrogens is 591 g/mol. The fraction of sp³-hybridized carbons (Fsp3) is 0.229. The summed E-state index contributed by atoms with van der Waals surface area (Å²) in [6.45, 7) is 4.64. The van der Waals surface area contributed by atoms with Gasteiger partial charge < -0.3 is 9.64 Å². The molecule has 9 heteroatoms. The summed E-state index contributed by atoms with van der Waals surface area (Å²) in [6, 6.07) is 33.6. The van der Waals surface area contributed by atoms with Crippen molar-refractivity contribution in [2.45, 2.75) is 17.9 Å². The van der Waals surface area contributed by atoms with Crippen LogP contribution in [0.2, 0.25) is 0 Å². The number of ether oxygens (including phenoxy) is 1. The van der Waals surface area contributed by atoms with Gasteiger partial charge in [0.2, 0.25) is 0 Å². The first-order valence-electron chi connectivity index (χ1n) is 14.6. The van der Waals surface area contributed by atoms with Crippen molar-refractivity contribution in [3.63, 3.8) is 0 Å². The molecule has 226 valence electrons. The molecule has 0 bridgehead atoms. The Morgan fingerprint density at radius 1 is 0.841 bits per heavy atom. The Bertz CT molecular complexity index is 1840. The summed E-state index contributed by atoms with van der Waals surface area (Å²) in [6.07, 6.45) is 0. The largest absolute Gasteiger partial charge is 0.495 e. The molecule has 4 aromatic carbocycles. The van der Waals surface area contributed by atoms with Gasteiger partial charge in [-0.1, -0.05) is 66.7 Å². The van der Waals surface area contributed by atoms with Crippen molar-refractivity contribution in [2.24, 2.45) is 0 Å². The van der Waals surface area contributed by atoms with Crippen molar-refractivity contribution >= 4 is 43.0 Å². The molecule has 6 rings (SSSR count). The SMILES string of the molecule is COc1ccc(C)cc1S(=O)(=O)N(C)c1ccc2sc(C(=O)N3CCN(C(c4ccccc4)c4ccccc4)CC3)cc2c1. The number of benzene rings is 4. The van der Waals surface area contributed by atoms with Gasteiger partial charge >= 0.3 is 0 Å². The van der Waals surface area contributed by atoms with Crippen LogP contribution in [0.1, 0.15) is 32.4 Å². The van der Waals surface area contributed by atoms with Gasteiger partial charge in [-0.3, -0.25) is 14.0 Å². The van der Waals surface area contributed by atoms with Crippen molar-refractivity contribution in [3.05, 3.63) is 125 Å². The second-order valence-electron chi connectivity index (χ2n) is 11.0. The van der Waals surface area contributed by atoms with Crippen molar-refractivity contribution in [2.75, 3.05) is 44.6 Å². The average molecular weight is 626 g/mol. The van der Waals surface area contributed by atoms with E-state index in [1.54, 1.807) is 18.2 Å². The Morgan fingerprint density at radius 2 is 1.48 bits per heavy atom. The quantitative estimate of drug-likeness (QED) is 0.195. The first-order chi connectivity index (χ1) is 21.3. The summed E-state index contributed by atoms with van der Waals surface area (Å²) < 4.78 is 34.7. The number of carbonyl (C=O) groups excluding carboxylic acids is 1. The second-order valence-corrected chi connectivity index (χ2v) is 14.0. The Morgan fingerprint density at radius 3 is 2.09 bits per heavy atom. The highest BCUT2D eigenvalue weighted by molar-refractivity contribution is 7.93. The maximum atomic E-state index is 13.6. The van der Waals surface area contributed by atoms with E-state index >= 15 is 0 Å². The molecule has 1 aliphatic heterocycles. The number of nitrogens with zero attached hydrogens (tertiary/aromatic N) is 3. The standard InChI is InChI=1S/C35H35N3O4S2/c1-25-14-16-30(42-3)33(22-25)44(40,41)36(2)29-15-17-31-28(23-29)24-32(43-31)35(39)38-20-18-37(19-21-38)34(26-10-6-4-7-11-26)27-12-8-5-9-13-27/h4-17,22-24,34H,18-21H2,1-3H3. The molecule has 0 spiro atoms. The minimum atomic E-state index is -3.87. The number of sulfonamides is 1. The predicted molar refractivity (Wildman–Crippen MR) is 177 cm³/mol. The molecule has 44 heavy (non-hydrogen) atoms. The number of hydrogen-bond acceptors (Lipinski definition) is 6. The minimum absolute atomic E-state index is 0.00819. The van der Waals surface area contributed by atoms with Crippen LogP contribution in [0, 0.1) is 6.92 Å². The number of rotatable bonds is 8. The number of amides is 1. The molecule has 1 aromatic heterocycles. The molecular formula is C35H35N3O4S2. The van der Waals surface area contributed by atoms with E-state index in [1.165, 1.54) is 40.9 Å². The number of fused-ring (bicyclic) bond motifs is 1. The first kappa shape index (κ1) is 29.9. The van der Waals surface area contributed by atoms with Crippen LogP contribution >= 0.6 is 11.3 Å². The lowest BCUT2D eigenvalue weighted by Crippen LogP contribution is -2.49. The summed E-state index contributed by atoms with van der Waals surface area (Å²) in [5.41, 5.74) is 3.82. The third-order valence-electron chi connectivity index (χ3n) is 8.23. The van der Waals surface area contributed by atoms with Gasteiger partial charge in [-0.25, -0.2) is 8.42 Å². The third-order valence-corrected chi connectivity index (χ3v) is 11.1. The zero-order chi connectivity index (χ0) is 30.8. The molecule has 0 unspecified atom stereocenters. The number of hydrogen-bond donors (Lipinski definition) is 0. The molecule has 1 amide bonds. The maximum absolute atomic E-state index is 13.6. The predicted octanol–water partition coefficient (Wildman–Crippen LogP) is 6.59. The molecule has 1 saturated heterocycles. The molecule has 0 N–H and O–H groups in total. The Balaban J connectivity index is 1.19. The molecule has 0 atom stereocenters. The number of piperazine rings is 1. The Hall–Kier alpha value is -4.18. The van der Waals surface area contributed by atoms with E-state index in [1.807, 2.05) is 48.2 Å². The first-order valence-corrected chi connectivity index (χ1v) is 16.8. The van der Waals surface area contributed by atoms with Gasteiger partial charge in [0.25, 0.3) is 15.9 Å². The molecule has 1 fully saturated rings. The molecule has 2 heterocycles. The van der Waals surface area contributed by atoms with Gasteiger partial charge in [-0.2, -0.15) is 0 Å². The number of methoxy groups -OCH3 is 1. The molecule has 5 aromatic rings. The van der Waals surface area contributed by atoms with E-state index in [9.17, 15) is 13.2 Å². The maximum Gasteiger partial charge on any atom is 0.267 e. The van der Waals surface area contributed by atoms with Crippen LogP contribution in [0.4, 0.5) is 5.69 Å². The Kier molecular flexibility index (Phi) is 8.44. The van der Waals surface area contributed by atoms with E-state index in [2.05, 4.69) is 53.4 Å². The summed E-state index contributed by atoms with van der Waals surface area (Å²) in [4.78, 5) is 18.8. The van der Waals surface area contributed by atoms with E-state index in [0.29, 0.717) is 29.4 Å². The van der Waals surface area contributed by atoms with Crippen LogP contribution in [-0.4, -0.2) is 64.5 Å². The number of anilines is 1. The summed E-state index contributed by atoms with van der Waals surface area (Å²) >= 11 is 1.44. The fourth-order valence-electron chi connectivity index (χ4n) is 5.83. The summed E-state index contributed by atoms with van der Waals surface area (Å²) in [5.74, 6) is 0.305. The van der Waals surface area contributed by atoms with Gasteiger partial charge in [0, 0.05) is 37.9 Å². The van der Waals surface area contributed by atoms with Gasteiger partial charge in [-0.15, -0.1) is 11.3 Å². The van der Waals surface area contributed by atoms with Crippen LogP contribution in [0.3, 0.4) is 0 Å². The van der Waals surface area contributed by atoms with E-state index in [4.69, 9.17) is 4.74 Å². The zero-order valence-corrected chi connectivity index (χ0v) is 26.6.